The number of hydrogen-bond donors (Lipinski definition) is 1. The van der Waals surface area contributed by atoms with Gasteiger partial charge < -0.3 is 10.1 Å². The van der Waals surface area contributed by atoms with Crippen LogP contribution in [-0.4, -0.2) is 33.7 Å². The third kappa shape index (κ3) is 4.73. The van der Waals surface area contributed by atoms with Gasteiger partial charge in [-0.1, -0.05) is 23.8 Å². The maximum absolute atomic E-state index is 12.6. The molecule has 134 valence electrons. The molecule has 0 spiro atoms. The molecule has 7 heteroatoms. The lowest BCUT2D eigenvalue weighted by atomic mass is 10.2. The van der Waals surface area contributed by atoms with Crippen molar-refractivity contribution in [2.45, 2.75) is 19.9 Å². The van der Waals surface area contributed by atoms with E-state index in [2.05, 4.69) is 5.32 Å². The van der Waals surface area contributed by atoms with Gasteiger partial charge in [-0.25, -0.2) is 8.42 Å². The Bertz CT molecular complexity index is 848. The van der Waals surface area contributed by atoms with Crippen LogP contribution >= 0.6 is 0 Å². The Kier molecular flexibility index (Phi) is 5.69. The normalized spacial score (nSPS) is 12.3. The molecule has 0 heterocycles. The molecule has 0 aliphatic heterocycles. The van der Waals surface area contributed by atoms with Crippen LogP contribution in [0.3, 0.4) is 0 Å². The number of hydrogen-bond acceptors (Lipinski definition) is 4. The Balaban J connectivity index is 2.28. The van der Waals surface area contributed by atoms with Crippen LogP contribution in [0.25, 0.3) is 0 Å². The molecule has 0 saturated carbocycles. The molecule has 0 fully saturated rings. The number of nitrogens with zero attached hydrogens (tertiary/aromatic N) is 1. The maximum atomic E-state index is 12.6. The molecule has 2 aromatic rings. The highest BCUT2D eigenvalue weighted by molar-refractivity contribution is 7.92. The van der Waals surface area contributed by atoms with Gasteiger partial charge in [-0.15, -0.1) is 0 Å². The first-order valence-electron chi connectivity index (χ1n) is 7.73. The van der Waals surface area contributed by atoms with E-state index < -0.39 is 22.0 Å². The minimum atomic E-state index is -3.63. The number of aryl methyl sites for hydroxylation is 1. The zero-order chi connectivity index (χ0) is 18.6. The van der Waals surface area contributed by atoms with E-state index in [1.54, 1.807) is 55.5 Å². The molecule has 0 bridgehead atoms. The van der Waals surface area contributed by atoms with Crippen molar-refractivity contribution in [3.05, 3.63) is 54.1 Å². The summed E-state index contributed by atoms with van der Waals surface area (Å²) in [6.07, 6.45) is 1.09. The van der Waals surface area contributed by atoms with Gasteiger partial charge in [0.25, 0.3) is 0 Å². The monoisotopic (exact) mass is 362 g/mol. The van der Waals surface area contributed by atoms with Crippen molar-refractivity contribution in [2.75, 3.05) is 23.0 Å². The second kappa shape index (κ2) is 7.57. The number of anilines is 2. The van der Waals surface area contributed by atoms with Crippen molar-refractivity contribution in [1.29, 1.82) is 0 Å². The van der Waals surface area contributed by atoms with Gasteiger partial charge in [-0.2, -0.15) is 0 Å². The second-order valence-electron chi connectivity index (χ2n) is 5.79. The fourth-order valence-corrected chi connectivity index (χ4v) is 3.62. The van der Waals surface area contributed by atoms with E-state index in [4.69, 9.17) is 4.74 Å². The highest BCUT2D eigenvalue weighted by Crippen LogP contribution is 2.23. The third-order valence-electron chi connectivity index (χ3n) is 3.71. The third-order valence-corrected chi connectivity index (χ3v) is 4.96. The van der Waals surface area contributed by atoms with Crippen LogP contribution < -0.4 is 14.4 Å². The van der Waals surface area contributed by atoms with Gasteiger partial charge in [-0.3, -0.25) is 9.10 Å². The molecule has 2 rings (SSSR count). The van der Waals surface area contributed by atoms with Crippen LogP contribution in [0.5, 0.6) is 5.75 Å². The number of benzene rings is 2. The van der Waals surface area contributed by atoms with Gasteiger partial charge in [0, 0.05) is 11.8 Å². The number of carbonyl (C=O) groups excluding carboxylic acids is 1. The number of ether oxygens (including phenoxy) is 1. The summed E-state index contributed by atoms with van der Waals surface area (Å²) < 4.78 is 30.7. The predicted molar refractivity (Wildman–Crippen MR) is 99.6 cm³/mol. The molecular formula is C18H22N2O4S. The lowest BCUT2D eigenvalue weighted by Crippen LogP contribution is -2.45. The molecule has 0 aliphatic rings. The van der Waals surface area contributed by atoms with Crippen molar-refractivity contribution in [3.8, 4) is 5.75 Å². The number of rotatable bonds is 6. The van der Waals surface area contributed by atoms with Crippen LogP contribution in [0, 0.1) is 6.92 Å². The quantitative estimate of drug-likeness (QED) is 0.857. The van der Waals surface area contributed by atoms with Crippen LogP contribution in [0.4, 0.5) is 11.4 Å². The first-order valence-corrected chi connectivity index (χ1v) is 9.58. The smallest absolute Gasteiger partial charge is 0.247 e. The molecule has 0 unspecified atom stereocenters. The summed E-state index contributed by atoms with van der Waals surface area (Å²) in [5, 5.41) is 2.73. The van der Waals surface area contributed by atoms with E-state index in [1.807, 2.05) is 6.92 Å². The molecular weight excluding hydrogens is 340 g/mol. The Morgan fingerprint density at radius 2 is 1.80 bits per heavy atom. The molecule has 0 aliphatic carbocycles. The number of methoxy groups -OCH3 is 1. The summed E-state index contributed by atoms with van der Waals surface area (Å²) in [5.74, 6) is 0.170. The standard InChI is InChI=1S/C18H22N2O4S/c1-13-8-10-16(11-9-13)20(25(4,22)23)14(2)18(21)19-15-6-5-7-17(12-15)24-3/h5-12,14H,1-4H3,(H,19,21)/t14-/m0/s1. The van der Waals surface area contributed by atoms with Gasteiger partial charge in [-0.05, 0) is 38.1 Å². The van der Waals surface area contributed by atoms with E-state index >= 15 is 0 Å². The predicted octanol–water partition coefficient (Wildman–Crippen LogP) is 2.80. The lowest BCUT2D eigenvalue weighted by Gasteiger charge is -2.28. The Hall–Kier alpha value is -2.54. The lowest BCUT2D eigenvalue weighted by molar-refractivity contribution is -0.116. The summed E-state index contributed by atoms with van der Waals surface area (Å²) in [5.41, 5.74) is 1.99. The number of sulfonamides is 1. The Morgan fingerprint density at radius 3 is 2.36 bits per heavy atom. The van der Waals surface area contributed by atoms with E-state index in [9.17, 15) is 13.2 Å². The summed E-state index contributed by atoms with van der Waals surface area (Å²) in [7, 11) is -2.10. The second-order valence-corrected chi connectivity index (χ2v) is 7.65. The summed E-state index contributed by atoms with van der Waals surface area (Å²) in [6.45, 7) is 3.46. The molecule has 1 N–H and O–H groups in total. The largest absolute Gasteiger partial charge is 0.497 e. The fourth-order valence-electron chi connectivity index (χ4n) is 2.45. The number of carbonyl (C=O) groups is 1. The average Bonchev–Trinajstić information content (AvgIpc) is 2.55. The van der Waals surface area contributed by atoms with Gasteiger partial charge in [0.2, 0.25) is 15.9 Å². The highest BCUT2D eigenvalue weighted by Gasteiger charge is 2.29. The van der Waals surface area contributed by atoms with Crippen LogP contribution in [0.15, 0.2) is 48.5 Å². The van der Waals surface area contributed by atoms with Crippen molar-refractivity contribution < 1.29 is 17.9 Å². The highest BCUT2D eigenvalue weighted by atomic mass is 32.2. The molecule has 6 nitrogen and oxygen atoms in total. The summed E-state index contributed by atoms with van der Waals surface area (Å²) in [6, 6.07) is 13.0. The Morgan fingerprint density at radius 1 is 1.16 bits per heavy atom. The van der Waals surface area contributed by atoms with E-state index in [0.717, 1.165) is 16.1 Å². The number of nitrogens with one attached hydrogen (secondary N) is 1. The SMILES string of the molecule is COc1cccc(NC(=O)[C@H](C)N(c2ccc(C)cc2)S(C)(=O)=O)c1. The molecule has 25 heavy (non-hydrogen) atoms. The van der Waals surface area contributed by atoms with Crippen molar-refractivity contribution >= 4 is 27.3 Å². The molecule has 0 saturated heterocycles. The van der Waals surface area contributed by atoms with Crippen LogP contribution in [0.2, 0.25) is 0 Å². The average molecular weight is 362 g/mol. The number of amides is 1. The van der Waals surface area contributed by atoms with Gasteiger partial charge in [0.05, 0.1) is 19.1 Å². The van der Waals surface area contributed by atoms with Crippen LogP contribution in [-0.2, 0) is 14.8 Å². The molecule has 1 atom stereocenters. The topological polar surface area (TPSA) is 75.7 Å². The molecule has 1 amide bonds. The molecule has 2 aromatic carbocycles. The van der Waals surface area contributed by atoms with Crippen molar-refractivity contribution in [3.63, 3.8) is 0 Å². The first kappa shape index (κ1) is 18.8. The van der Waals surface area contributed by atoms with E-state index in [0.29, 0.717) is 17.1 Å². The molecule has 0 aromatic heterocycles. The summed E-state index contributed by atoms with van der Waals surface area (Å²) in [4.78, 5) is 12.6. The summed E-state index contributed by atoms with van der Waals surface area (Å²) >= 11 is 0. The first-order chi connectivity index (χ1) is 11.7. The zero-order valence-electron chi connectivity index (χ0n) is 14.7. The van der Waals surface area contributed by atoms with Crippen molar-refractivity contribution in [2.24, 2.45) is 0 Å². The van der Waals surface area contributed by atoms with Crippen molar-refractivity contribution in [1.82, 2.24) is 0 Å². The molecule has 0 radical (unpaired) electrons. The van der Waals surface area contributed by atoms with E-state index in [-0.39, 0.29) is 0 Å². The Labute approximate surface area is 148 Å². The zero-order valence-corrected chi connectivity index (χ0v) is 15.5. The maximum Gasteiger partial charge on any atom is 0.247 e. The minimum absolute atomic E-state index is 0.431. The minimum Gasteiger partial charge on any atom is -0.497 e. The van der Waals surface area contributed by atoms with Crippen LogP contribution in [0.1, 0.15) is 12.5 Å². The van der Waals surface area contributed by atoms with E-state index in [1.165, 1.54) is 7.11 Å². The fraction of sp³-hybridized carbons (Fsp3) is 0.278. The van der Waals surface area contributed by atoms with Gasteiger partial charge in [0.1, 0.15) is 11.8 Å². The van der Waals surface area contributed by atoms with Gasteiger partial charge >= 0.3 is 0 Å². The van der Waals surface area contributed by atoms with Gasteiger partial charge in [0.15, 0.2) is 0 Å².